The van der Waals surface area contributed by atoms with Gasteiger partial charge >= 0.3 is 0 Å². The van der Waals surface area contributed by atoms with Crippen molar-refractivity contribution in [2.45, 2.75) is 19.6 Å². The minimum Gasteiger partial charge on any atom is -0.308 e. The second-order valence-electron chi connectivity index (χ2n) is 6.08. The van der Waals surface area contributed by atoms with Crippen LogP contribution in [0.1, 0.15) is 16.0 Å². The quantitative estimate of drug-likeness (QED) is 0.884. The van der Waals surface area contributed by atoms with Crippen LogP contribution in [0.2, 0.25) is 0 Å². The summed E-state index contributed by atoms with van der Waals surface area (Å²) in [5, 5.41) is 5.63. The zero-order valence-corrected chi connectivity index (χ0v) is 14.1. The number of piperazine rings is 1. The standard InChI is InChI=1S/C18H25N3S/c1-20-8-10-21(11-9-20)15-17-6-4-16(5-7-17)13-19-14-18-3-2-12-22-18/h2-7,12,19H,8-11,13-15H2,1H3. The van der Waals surface area contributed by atoms with Crippen LogP contribution in [-0.4, -0.2) is 43.0 Å². The second kappa shape index (κ2) is 7.88. The molecule has 3 rings (SSSR count). The van der Waals surface area contributed by atoms with Crippen LogP contribution in [0.3, 0.4) is 0 Å². The molecule has 1 fully saturated rings. The van der Waals surface area contributed by atoms with E-state index in [-0.39, 0.29) is 0 Å². The summed E-state index contributed by atoms with van der Waals surface area (Å²) in [6, 6.07) is 13.4. The van der Waals surface area contributed by atoms with Gasteiger partial charge in [-0.25, -0.2) is 0 Å². The topological polar surface area (TPSA) is 18.5 Å². The molecule has 0 spiro atoms. The maximum atomic E-state index is 3.50. The molecular formula is C18H25N3S. The van der Waals surface area contributed by atoms with Gasteiger partial charge in [-0.3, -0.25) is 4.90 Å². The van der Waals surface area contributed by atoms with Gasteiger partial charge in [-0.1, -0.05) is 30.3 Å². The summed E-state index contributed by atoms with van der Waals surface area (Å²) in [4.78, 5) is 6.34. The summed E-state index contributed by atoms with van der Waals surface area (Å²) in [5.74, 6) is 0. The SMILES string of the molecule is CN1CCN(Cc2ccc(CNCc3cccs3)cc2)CC1. The molecule has 0 aliphatic carbocycles. The normalized spacial score (nSPS) is 17.0. The molecule has 1 aromatic carbocycles. The largest absolute Gasteiger partial charge is 0.308 e. The predicted octanol–water partition coefficient (Wildman–Crippen LogP) is 2.79. The molecule has 4 heteroatoms. The van der Waals surface area contributed by atoms with E-state index in [9.17, 15) is 0 Å². The molecule has 0 bridgehead atoms. The first kappa shape index (κ1) is 15.7. The Bertz CT molecular complexity index is 542. The van der Waals surface area contributed by atoms with Gasteiger partial charge in [0, 0.05) is 50.7 Å². The third kappa shape index (κ3) is 4.65. The van der Waals surface area contributed by atoms with Crippen LogP contribution in [0.5, 0.6) is 0 Å². The Balaban J connectivity index is 1.43. The Kier molecular flexibility index (Phi) is 5.62. The van der Waals surface area contributed by atoms with Gasteiger partial charge in [-0.15, -0.1) is 11.3 Å². The molecule has 3 nitrogen and oxygen atoms in total. The predicted molar refractivity (Wildman–Crippen MR) is 94.1 cm³/mol. The van der Waals surface area contributed by atoms with Gasteiger partial charge in [0.05, 0.1) is 0 Å². The zero-order valence-electron chi connectivity index (χ0n) is 13.3. The highest BCUT2D eigenvalue weighted by molar-refractivity contribution is 7.09. The minimum absolute atomic E-state index is 0.937. The number of nitrogens with one attached hydrogen (secondary N) is 1. The lowest BCUT2D eigenvalue weighted by Gasteiger charge is -2.32. The molecule has 1 aliphatic rings. The van der Waals surface area contributed by atoms with Crippen LogP contribution in [0.15, 0.2) is 41.8 Å². The number of likely N-dealkylation sites (N-methyl/N-ethyl adjacent to an activating group) is 1. The van der Waals surface area contributed by atoms with Crippen molar-refractivity contribution in [3.8, 4) is 0 Å². The fraction of sp³-hybridized carbons (Fsp3) is 0.444. The molecule has 0 radical (unpaired) electrons. The van der Waals surface area contributed by atoms with Crippen LogP contribution in [0.25, 0.3) is 0 Å². The van der Waals surface area contributed by atoms with Crippen LogP contribution in [0.4, 0.5) is 0 Å². The van der Waals surface area contributed by atoms with Gasteiger partial charge in [0.25, 0.3) is 0 Å². The van der Waals surface area contributed by atoms with Gasteiger partial charge in [0.1, 0.15) is 0 Å². The van der Waals surface area contributed by atoms with Crippen molar-refractivity contribution in [1.29, 1.82) is 0 Å². The number of benzene rings is 1. The fourth-order valence-corrected chi connectivity index (χ4v) is 3.44. The average Bonchev–Trinajstić information content (AvgIpc) is 3.05. The van der Waals surface area contributed by atoms with Crippen molar-refractivity contribution in [3.05, 3.63) is 57.8 Å². The van der Waals surface area contributed by atoms with Gasteiger partial charge in [-0.05, 0) is 29.6 Å². The lowest BCUT2D eigenvalue weighted by molar-refractivity contribution is 0.148. The van der Waals surface area contributed by atoms with Gasteiger partial charge in [0.2, 0.25) is 0 Å². The summed E-state index contributed by atoms with van der Waals surface area (Å²) in [7, 11) is 2.20. The van der Waals surface area contributed by atoms with Crippen LogP contribution in [0, 0.1) is 0 Å². The Morgan fingerprint density at radius 3 is 2.36 bits per heavy atom. The Labute approximate surface area is 137 Å². The monoisotopic (exact) mass is 315 g/mol. The fourth-order valence-electron chi connectivity index (χ4n) is 2.77. The van der Waals surface area contributed by atoms with Crippen molar-refractivity contribution in [3.63, 3.8) is 0 Å². The molecule has 1 N–H and O–H groups in total. The van der Waals surface area contributed by atoms with Crippen molar-refractivity contribution in [1.82, 2.24) is 15.1 Å². The molecule has 2 heterocycles. The first-order chi connectivity index (χ1) is 10.8. The Hall–Kier alpha value is -1.20. The number of thiophene rings is 1. The molecule has 1 saturated heterocycles. The van der Waals surface area contributed by atoms with Crippen LogP contribution < -0.4 is 5.32 Å². The Morgan fingerprint density at radius 2 is 1.68 bits per heavy atom. The summed E-state index contributed by atoms with van der Waals surface area (Å²) in [5.41, 5.74) is 2.78. The lowest BCUT2D eigenvalue weighted by atomic mass is 10.1. The van der Waals surface area contributed by atoms with E-state index in [4.69, 9.17) is 0 Å². The second-order valence-corrected chi connectivity index (χ2v) is 7.11. The third-order valence-electron chi connectivity index (χ3n) is 4.23. The highest BCUT2D eigenvalue weighted by atomic mass is 32.1. The molecule has 1 aromatic heterocycles. The maximum absolute atomic E-state index is 3.50. The van der Waals surface area contributed by atoms with E-state index in [1.165, 1.54) is 42.2 Å². The van der Waals surface area contributed by atoms with E-state index in [0.29, 0.717) is 0 Å². The number of hydrogen-bond donors (Lipinski definition) is 1. The van der Waals surface area contributed by atoms with E-state index in [1.807, 2.05) is 11.3 Å². The van der Waals surface area contributed by atoms with Crippen molar-refractivity contribution in [2.24, 2.45) is 0 Å². The summed E-state index contributed by atoms with van der Waals surface area (Å²) in [6.07, 6.45) is 0. The first-order valence-corrected chi connectivity index (χ1v) is 8.89. The molecule has 118 valence electrons. The minimum atomic E-state index is 0.937. The number of hydrogen-bond acceptors (Lipinski definition) is 4. The van der Waals surface area contributed by atoms with E-state index >= 15 is 0 Å². The highest BCUT2D eigenvalue weighted by Crippen LogP contribution is 2.11. The maximum Gasteiger partial charge on any atom is 0.0302 e. The molecule has 1 aliphatic heterocycles. The number of rotatable bonds is 6. The molecule has 22 heavy (non-hydrogen) atoms. The van der Waals surface area contributed by atoms with E-state index in [1.54, 1.807) is 0 Å². The molecule has 0 atom stereocenters. The van der Waals surface area contributed by atoms with Gasteiger partial charge < -0.3 is 10.2 Å². The van der Waals surface area contributed by atoms with Crippen molar-refractivity contribution < 1.29 is 0 Å². The molecule has 0 unspecified atom stereocenters. The molecular weight excluding hydrogens is 290 g/mol. The van der Waals surface area contributed by atoms with Crippen molar-refractivity contribution >= 4 is 11.3 Å². The average molecular weight is 315 g/mol. The van der Waals surface area contributed by atoms with Crippen LogP contribution >= 0.6 is 11.3 Å². The lowest BCUT2D eigenvalue weighted by Crippen LogP contribution is -2.43. The summed E-state index contributed by atoms with van der Waals surface area (Å²) >= 11 is 1.81. The smallest absolute Gasteiger partial charge is 0.0302 e. The third-order valence-corrected chi connectivity index (χ3v) is 5.11. The molecule has 0 saturated carbocycles. The summed E-state index contributed by atoms with van der Waals surface area (Å²) in [6.45, 7) is 7.71. The first-order valence-electron chi connectivity index (χ1n) is 8.01. The van der Waals surface area contributed by atoms with E-state index in [0.717, 1.165) is 19.6 Å². The molecule has 0 amide bonds. The van der Waals surface area contributed by atoms with Crippen molar-refractivity contribution in [2.75, 3.05) is 33.2 Å². The van der Waals surface area contributed by atoms with E-state index in [2.05, 4.69) is 63.9 Å². The number of nitrogens with zero attached hydrogens (tertiary/aromatic N) is 2. The van der Waals surface area contributed by atoms with Gasteiger partial charge in [0.15, 0.2) is 0 Å². The zero-order chi connectivity index (χ0) is 15.2. The molecule has 2 aromatic rings. The van der Waals surface area contributed by atoms with Gasteiger partial charge in [-0.2, -0.15) is 0 Å². The summed E-state index contributed by atoms with van der Waals surface area (Å²) < 4.78 is 0. The van der Waals surface area contributed by atoms with E-state index < -0.39 is 0 Å². The Morgan fingerprint density at radius 1 is 0.955 bits per heavy atom. The van der Waals surface area contributed by atoms with Crippen LogP contribution in [-0.2, 0) is 19.6 Å². The highest BCUT2D eigenvalue weighted by Gasteiger charge is 2.13.